The molecule has 0 fully saturated rings. The highest BCUT2D eigenvalue weighted by atomic mass is 16.6. The Kier molecular flexibility index (Phi) is 4.34. The van der Waals surface area contributed by atoms with E-state index in [4.69, 9.17) is 10.5 Å². The van der Waals surface area contributed by atoms with Crippen molar-refractivity contribution >= 4 is 17.6 Å². The fraction of sp³-hybridized carbons (Fsp3) is 0.0667. The van der Waals surface area contributed by atoms with E-state index in [0.29, 0.717) is 5.75 Å². The van der Waals surface area contributed by atoms with Crippen LogP contribution in [0.5, 0.6) is 5.75 Å². The second-order valence-corrected chi connectivity index (χ2v) is 3.95. The van der Waals surface area contributed by atoms with Gasteiger partial charge in [0.25, 0.3) is 0 Å². The maximum atomic E-state index is 11.7. The van der Waals surface area contributed by atoms with E-state index in [1.807, 2.05) is 6.07 Å². The van der Waals surface area contributed by atoms with E-state index in [2.05, 4.69) is 4.74 Å². The van der Waals surface area contributed by atoms with Gasteiger partial charge in [0.2, 0.25) is 0 Å². The minimum atomic E-state index is -0.787. The van der Waals surface area contributed by atoms with Crippen LogP contribution < -0.4 is 10.5 Å². The molecule has 0 spiro atoms. The lowest BCUT2D eigenvalue weighted by molar-refractivity contribution is -0.140. The Morgan fingerprint density at radius 3 is 2.30 bits per heavy atom. The number of carbonyl (C=O) groups excluding carboxylic acids is 2. The molecule has 5 heteroatoms. The number of nitrogen functional groups attached to an aromatic ring is 1. The highest BCUT2D eigenvalue weighted by Crippen LogP contribution is 2.12. The monoisotopic (exact) mass is 271 g/mol. The molecule has 2 aromatic carbocycles. The molecule has 0 saturated carbocycles. The number of hydrogen-bond acceptors (Lipinski definition) is 5. The summed E-state index contributed by atoms with van der Waals surface area (Å²) in [5.74, 6) is -1.04. The van der Waals surface area contributed by atoms with Crippen LogP contribution in [0.1, 0.15) is 10.4 Å². The average molecular weight is 271 g/mol. The topological polar surface area (TPSA) is 78.6 Å². The molecule has 2 rings (SSSR count). The molecule has 0 amide bonds. The van der Waals surface area contributed by atoms with E-state index in [-0.39, 0.29) is 17.9 Å². The van der Waals surface area contributed by atoms with E-state index in [1.54, 1.807) is 42.5 Å². The lowest BCUT2D eigenvalue weighted by Crippen LogP contribution is -2.19. The maximum absolute atomic E-state index is 11.7. The van der Waals surface area contributed by atoms with Gasteiger partial charge in [-0.3, -0.25) is 0 Å². The van der Waals surface area contributed by atoms with Gasteiger partial charge in [0, 0.05) is 5.69 Å². The molecule has 2 N–H and O–H groups in total. The molecule has 0 aliphatic rings. The Bertz CT molecular complexity index is 610. The second kappa shape index (κ2) is 6.38. The quantitative estimate of drug-likeness (QED) is 0.523. The van der Waals surface area contributed by atoms with Crippen molar-refractivity contribution in [1.82, 2.24) is 0 Å². The zero-order valence-electron chi connectivity index (χ0n) is 10.6. The Morgan fingerprint density at radius 1 is 0.950 bits per heavy atom. The van der Waals surface area contributed by atoms with Crippen LogP contribution in [0.3, 0.4) is 0 Å². The molecular formula is C15H13NO4. The fourth-order valence-electron chi connectivity index (χ4n) is 1.53. The number of para-hydroxylation sites is 2. The minimum Gasteiger partial charge on any atom is -0.482 e. The van der Waals surface area contributed by atoms with Crippen molar-refractivity contribution in [2.24, 2.45) is 0 Å². The fourth-order valence-corrected chi connectivity index (χ4v) is 1.53. The lowest BCUT2D eigenvalue weighted by atomic mass is 10.2. The molecule has 0 heterocycles. The average Bonchev–Trinajstić information content (AvgIpc) is 2.46. The third kappa shape index (κ3) is 3.58. The molecule has 0 bridgehead atoms. The number of anilines is 1. The van der Waals surface area contributed by atoms with Gasteiger partial charge < -0.3 is 15.2 Å². The molecule has 0 aromatic heterocycles. The van der Waals surface area contributed by atoms with Gasteiger partial charge in [-0.25, -0.2) is 9.59 Å². The second-order valence-electron chi connectivity index (χ2n) is 3.95. The number of hydrogen-bond donors (Lipinski definition) is 1. The SMILES string of the molecule is Nc1ccccc1C(=O)OC(=O)COc1ccccc1. The normalized spacial score (nSPS) is 9.80. The standard InChI is InChI=1S/C15H13NO4/c16-13-9-5-4-8-12(13)15(18)20-14(17)10-19-11-6-2-1-3-7-11/h1-9H,10,16H2. The van der Waals surface area contributed by atoms with Crippen molar-refractivity contribution < 1.29 is 19.1 Å². The van der Waals surface area contributed by atoms with Crippen LogP contribution >= 0.6 is 0 Å². The molecule has 0 saturated heterocycles. The summed E-state index contributed by atoms with van der Waals surface area (Å²) in [4.78, 5) is 23.2. The van der Waals surface area contributed by atoms with Crippen molar-refractivity contribution in [2.75, 3.05) is 12.3 Å². The van der Waals surface area contributed by atoms with Crippen LogP contribution in [-0.2, 0) is 9.53 Å². The number of ether oxygens (including phenoxy) is 2. The first kappa shape index (κ1) is 13.6. The summed E-state index contributed by atoms with van der Waals surface area (Å²) in [5, 5.41) is 0. The summed E-state index contributed by atoms with van der Waals surface area (Å²) in [7, 11) is 0. The first-order valence-electron chi connectivity index (χ1n) is 5.94. The molecule has 5 nitrogen and oxygen atoms in total. The Balaban J connectivity index is 1.89. The van der Waals surface area contributed by atoms with Crippen LogP contribution in [0.25, 0.3) is 0 Å². The summed E-state index contributed by atoms with van der Waals surface area (Å²) >= 11 is 0. The minimum absolute atomic E-state index is 0.153. The van der Waals surface area contributed by atoms with E-state index in [1.165, 1.54) is 6.07 Å². The third-order valence-corrected chi connectivity index (χ3v) is 2.49. The van der Waals surface area contributed by atoms with Gasteiger partial charge in [-0.15, -0.1) is 0 Å². The molecule has 2 aromatic rings. The lowest BCUT2D eigenvalue weighted by Gasteiger charge is -2.06. The van der Waals surface area contributed by atoms with Gasteiger partial charge in [0.05, 0.1) is 5.56 Å². The van der Waals surface area contributed by atoms with Gasteiger partial charge in [-0.05, 0) is 24.3 Å². The number of esters is 2. The summed E-state index contributed by atoms with van der Waals surface area (Å²) in [5.41, 5.74) is 6.03. The molecule has 0 radical (unpaired) electrons. The van der Waals surface area contributed by atoms with E-state index in [0.717, 1.165) is 0 Å². The van der Waals surface area contributed by atoms with Crippen molar-refractivity contribution in [3.63, 3.8) is 0 Å². The molecular weight excluding hydrogens is 258 g/mol. The number of rotatable bonds is 4. The Labute approximate surface area is 115 Å². The van der Waals surface area contributed by atoms with Crippen molar-refractivity contribution in [3.05, 3.63) is 60.2 Å². The van der Waals surface area contributed by atoms with Gasteiger partial charge in [-0.1, -0.05) is 30.3 Å². The van der Waals surface area contributed by atoms with Crippen molar-refractivity contribution in [1.29, 1.82) is 0 Å². The first-order chi connectivity index (χ1) is 9.66. The van der Waals surface area contributed by atoms with Crippen molar-refractivity contribution in [3.8, 4) is 5.75 Å². The Hall–Kier alpha value is -2.82. The summed E-state index contributed by atoms with van der Waals surface area (Å²) in [6, 6.07) is 15.1. The largest absolute Gasteiger partial charge is 0.482 e. The van der Waals surface area contributed by atoms with E-state index in [9.17, 15) is 9.59 Å². The predicted molar refractivity (Wildman–Crippen MR) is 73.2 cm³/mol. The van der Waals surface area contributed by atoms with Crippen LogP contribution in [0.2, 0.25) is 0 Å². The van der Waals surface area contributed by atoms with E-state index < -0.39 is 11.9 Å². The molecule has 20 heavy (non-hydrogen) atoms. The molecule has 0 unspecified atom stereocenters. The van der Waals surface area contributed by atoms with Gasteiger partial charge >= 0.3 is 11.9 Å². The third-order valence-electron chi connectivity index (χ3n) is 2.49. The van der Waals surface area contributed by atoms with Gasteiger partial charge in [-0.2, -0.15) is 0 Å². The van der Waals surface area contributed by atoms with Crippen molar-refractivity contribution in [2.45, 2.75) is 0 Å². The van der Waals surface area contributed by atoms with Crippen LogP contribution in [0, 0.1) is 0 Å². The Morgan fingerprint density at radius 2 is 1.60 bits per heavy atom. The van der Waals surface area contributed by atoms with Crippen LogP contribution in [0.15, 0.2) is 54.6 Å². The molecule has 0 aliphatic heterocycles. The number of carbonyl (C=O) groups is 2. The highest BCUT2D eigenvalue weighted by Gasteiger charge is 2.15. The van der Waals surface area contributed by atoms with Crippen LogP contribution in [-0.4, -0.2) is 18.5 Å². The van der Waals surface area contributed by atoms with E-state index >= 15 is 0 Å². The summed E-state index contributed by atoms with van der Waals surface area (Å²) in [6.45, 7) is -0.345. The smallest absolute Gasteiger partial charge is 0.352 e. The first-order valence-corrected chi connectivity index (χ1v) is 5.94. The van der Waals surface area contributed by atoms with Gasteiger partial charge in [0.1, 0.15) is 5.75 Å². The zero-order chi connectivity index (χ0) is 14.4. The highest BCUT2D eigenvalue weighted by molar-refractivity contribution is 6.00. The predicted octanol–water partition coefficient (Wildman–Crippen LogP) is 2.03. The molecule has 102 valence electrons. The van der Waals surface area contributed by atoms with Gasteiger partial charge in [0.15, 0.2) is 6.61 Å². The summed E-state index contributed by atoms with van der Waals surface area (Å²) in [6.07, 6.45) is 0. The molecule has 0 atom stereocenters. The number of benzene rings is 2. The maximum Gasteiger partial charge on any atom is 0.352 e. The zero-order valence-corrected chi connectivity index (χ0v) is 10.6. The van der Waals surface area contributed by atoms with Crippen LogP contribution in [0.4, 0.5) is 5.69 Å². The molecule has 0 aliphatic carbocycles. The summed E-state index contributed by atoms with van der Waals surface area (Å²) < 4.78 is 9.83. The number of nitrogens with two attached hydrogens (primary N) is 1.